The summed E-state index contributed by atoms with van der Waals surface area (Å²) in [5, 5.41) is 3.12. The van der Waals surface area contributed by atoms with Gasteiger partial charge in [-0.15, -0.1) is 0 Å². The van der Waals surface area contributed by atoms with Crippen LogP contribution < -0.4 is 21.2 Å². The fourth-order valence-corrected chi connectivity index (χ4v) is 3.40. The summed E-state index contributed by atoms with van der Waals surface area (Å²) < 4.78 is 8.46. The molecule has 3 N–H and O–H groups in total. The van der Waals surface area contributed by atoms with E-state index in [2.05, 4.69) is 10.3 Å². The van der Waals surface area contributed by atoms with Gasteiger partial charge in [0.1, 0.15) is 16.7 Å². The van der Waals surface area contributed by atoms with Crippen molar-refractivity contribution in [1.82, 2.24) is 14.7 Å². The number of rotatable bonds is 4. The number of furan rings is 1. The van der Waals surface area contributed by atoms with Gasteiger partial charge in [0.05, 0.1) is 18.8 Å². The molecule has 0 unspecified atom stereocenters. The van der Waals surface area contributed by atoms with E-state index in [9.17, 15) is 9.59 Å². The van der Waals surface area contributed by atoms with Crippen LogP contribution in [0.15, 0.2) is 52.0 Å². The number of carbonyl (C=O) groups is 1. The smallest absolute Gasteiger partial charge is 0.278 e. The number of hydrogen-bond acceptors (Lipinski definition) is 5. The maximum absolute atomic E-state index is 13.2. The number of fused-ring (bicyclic) bond motifs is 2. The molecular weight excluding hydrogens is 370 g/mol. The highest BCUT2D eigenvalue weighted by Crippen LogP contribution is 2.17. The summed E-state index contributed by atoms with van der Waals surface area (Å²) in [7, 11) is 0. The van der Waals surface area contributed by atoms with Crippen LogP contribution in [0.2, 0.25) is 0 Å². The quantitative estimate of drug-likeness (QED) is 0.409. The second-order valence-electron chi connectivity index (χ2n) is 7.26. The van der Waals surface area contributed by atoms with Crippen molar-refractivity contribution in [3.8, 4) is 0 Å². The highest BCUT2D eigenvalue weighted by atomic mass is 16.3. The van der Waals surface area contributed by atoms with E-state index in [1.807, 2.05) is 26.8 Å². The third kappa shape index (κ3) is 3.22. The average Bonchev–Trinajstić information content (AvgIpc) is 3.20. The fraction of sp³-hybridized carbons (Fsp3) is 0.238. The molecule has 4 aromatic heterocycles. The molecule has 0 fully saturated rings. The van der Waals surface area contributed by atoms with Crippen molar-refractivity contribution in [1.29, 1.82) is 0 Å². The van der Waals surface area contributed by atoms with Crippen molar-refractivity contribution in [3.63, 3.8) is 0 Å². The van der Waals surface area contributed by atoms with Gasteiger partial charge < -0.3 is 15.5 Å². The number of nitrogens with zero attached hydrogens (tertiary/aromatic N) is 3. The molecule has 8 heteroatoms. The molecule has 0 atom stereocenters. The zero-order valence-corrected chi connectivity index (χ0v) is 16.5. The van der Waals surface area contributed by atoms with Gasteiger partial charge in [-0.1, -0.05) is 11.1 Å². The second kappa shape index (κ2) is 7.05. The number of nitrogen functional groups attached to an aromatic ring is 1. The minimum Gasteiger partial charge on any atom is -0.467 e. The lowest BCUT2D eigenvalue weighted by Crippen LogP contribution is -2.44. The highest BCUT2D eigenvalue weighted by molar-refractivity contribution is 6.00. The maximum atomic E-state index is 13.2. The fourth-order valence-electron chi connectivity index (χ4n) is 3.40. The van der Waals surface area contributed by atoms with Crippen LogP contribution in [0.5, 0.6) is 0 Å². The van der Waals surface area contributed by atoms with Gasteiger partial charge in [0.25, 0.3) is 17.1 Å². The van der Waals surface area contributed by atoms with Gasteiger partial charge >= 0.3 is 0 Å². The number of carbonyl (C=O) groups excluding carboxylic acids is 1. The molecule has 4 heterocycles. The second-order valence-corrected chi connectivity index (χ2v) is 7.26. The summed E-state index contributed by atoms with van der Waals surface area (Å²) in [6, 6.07) is 8.62. The Morgan fingerprint density at radius 1 is 1.34 bits per heavy atom. The molecule has 0 saturated carbocycles. The van der Waals surface area contributed by atoms with Gasteiger partial charge in [0.2, 0.25) is 11.5 Å². The lowest BCUT2D eigenvalue weighted by atomic mass is 10.1. The van der Waals surface area contributed by atoms with Gasteiger partial charge in [0, 0.05) is 6.20 Å². The third-order valence-corrected chi connectivity index (χ3v) is 4.80. The van der Waals surface area contributed by atoms with Crippen LogP contribution in [0.25, 0.3) is 16.7 Å². The van der Waals surface area contributed by atoms with Crippen molar-refractivity contribution in [2.45, 2.75) is 33.4 Å². The summed E-state index contributed by atoms with van der Waals surface area (Å²) in [5.41, 5.74) is 8.24. The zero-order chi connectivity index (χ0) is 20.7. The molecule has 1 amide bonds. The summed E-state index contributed by atoms with van der Waals surface area (Å²) in [5.74, 6) is 0.495. The molecule has 0 aromatic carbocycles. The van der Waals surface area contributed by atoms with Crippen molar-refractivity contribution in [2.24, 2.45) is 0 Å². The summed E-state index contributed by atoms with van der Waals surface area (Å²) in [4.78, 5) is 30.6. The Kier molecular flexibility index (Phi) is 4.54. The number of aryl methyl sites for hydroxylation is 1. The van der Waals surface area contributed by atoms with Gasteiger partial charge in [-0.3, -0.25) is 14.0 Å². The zero-order valence-electron chi connectivity index (χ0n) is 16.5. The van der Waals surface area contributed by atoms with E-state index in [0.29, 0.717) is 22.4 Å². The number of hydrogen-bond donors (Lipinski definition) is 2. The standard InChI is InChI=1S/C21H21N5O3/c1-12(2)26-18(22)15(20(27)23-10-14-5-4-8-29-14)9-16-19(26)24-17-7-6-13(3)11-25(17)21(16)28/h4-9,11-12,22H,10H2,1-3H3,(H,23,27)/p+1. The van der Waals surface area contributed by atoms with Gasteiger partial charge in [-0.25, -0.2) is 4.57 Å². The SMILES string of the molecule is Cc1ccc2nc3c(cc(C(=O)NCc4ccco4)c(N)[n+]3C(C)C)c(=O)n2c1. The van der Waals surface area contributed by atoms with Crippen LogP contribution in [0.1, 0.15) is 41.6 Å². The molecule has 4 rings (SSSR count). The first-order valence-electron chi connectivity index (χ1n) is 9.34. The molecule has 4 aromatic rings. The monoisotopic (exact) mass is 392 g/mol. The van der Waals surface area contributed by atoms with E-state index >= 15 is 0 Å². The molecule has 29 heavy (non-hydrogen) atoms. The first-order valence-corrected chi connectivity index (χ1v) is 9.34. The Labute approximate surface area is 166 Å². The third-order valence-electron chi connectivity index (χ3n) is 4.80. The molecule has 0 spiro atoms. The van der Waals surface area contributed by atoms with E-state index in [0.717, 1.165) is 5.56 Å². The Morgan fingerprint density at radius 2 is 2.14 bits per heavy atom. The number of anilines is 1. The maximum Gasteiger partial charge on any atom is 0.278 e. The molecule has 0 aliphatic carbocycles. The molecule has 0 bridgehead atoms. The Hall–Kier alpha value is -3.68. The van der Waals surface area contributed by atoms with Crippen molar-refractivity contribution in [3.05, 3.63) is 70.0 Å². The van der Waals surface area contributed by atoms with E-state index in [4.69, 9.17) is 10.2 Å². The number of amides is 1. The predicted molar refractivity (Wildman–Crippen MR) is 109 cm³/mol. The molecular formula is C21H22N5O3+. The van der Waals surface area contributed by atoms with Gasteiger partial charge in [-0.05, 0) is 50.6 Å². The number of nitrogens with one attached hydrogen (secondary N) is 1. The first-order chi connectivity index (χ1) is 13.9. The molecule has 0 aliphatic rings. The predicted octanol–water partition coefficient (Wildman–Crippen LogP) is 2.13. The topological polar surface area (TPSA) is 107 Å². The molecule has 148 valence electrons. The van der Waals surface area contributed by atoms with Crippen molar-refractivity contribution in [2.75, 3.05) is 5.73 Å². The number of pyridine rings is 2. The van der Waals surface area contributed by atoms with Crippen LogP contribution in [-0.2, 0) is 6.54 Å². The van der Waals surface area contributed by atoms with E-state index in [-0.39, 0.29) is 35.4 Å². The van der Waals surface area contributed by atoms with Crippen LogP contribution >= 0.6 is 0 Å². The number of aromatic nitrogens is 3. The highest BCUT2D eigenvalue weighted by Gasteiger charge is 2.25. The molecule has 0 saturated heterocycles. The molecule has 0 aliphatic heterocycles. The lowest BCUT2D eigenvalue weighted by molar-refractivity contribution is -0.679. The summed E-state index contributed by atoms with van der Waals surface area (Å²) in [6.45, 7) is 5.98. The van der Waals surface area contributed by atoms with Crippen molar-refractivity contribution >= 4 is 28.4 Å². The van der Waals surface area contributed by atoms with Gasteiger partial charge in [-0.2, -0.15) is 0 Å². The molecule has 0 radical (unpaired) electrons. The van der Waals surface area contributed by atoms with E-state index in [1.54, 1.807) is 29.0 Å². The van der Waals surface area contributed by atoms with Crippen LogP contribution in [0, 0.1) is 6.92 Å². The minimum absolute atomic E-state index is 0.102. The van der Waals surface area contributed by atoms with Crippen LogP contribution in [0.4, 0.5) is 5.82 Å². The molecule has 8 nitrogen and oxygen atoms in total. The van der Waals surface area contributed by atoms with E-state index in [1.165, 1.54) is 16.7 Å². The minimum atomic E-state index is -0.385. The lowest BCUT2D eigenvalue weighted by Gasteiger charge is -2.14. The van der Waals surface area contributed by atoms with E-state index < -0.39 is 0 Å². The van der Waals surface area contributed by atoms with Crippen LogP contribution in [-0.4, -0.2) is 15.3 Å². The summed E-state index contributed by atoms with van der Waals surface area (Å²) in [6.07, 6.45) is 3.27. The van der Waals surface area contributed by atoms with Crippen LogP contribution in [0.3, 0.4) is 0 Å². The normalized spacial score (nSPS) is 11.4. The Balaban J connectivity index is 1.92. The largest absolute Gasteiger partial charge is 0.467 e. The van der Waals surface area contributed by atoms with Gasteiger partial charge in [0.15, 0.2) is 0 Å². The Morgan fingerprint density at radius 3 is 2.83 bits per heavy atom. The first kappa shape index (κ1) is 18.7. The average molecular weight is 392 g/mol. The van der Waals surface area contributed by atoms with Crippen molar-refractivity contribution < 1.29 is 13.8 Å². The Bertz CT molecular complexity index is 1290. The summed E-state index contributed by atoms with van der Waals surface area (Å²) >= 11 is 0. The number of nitrogens with two attached hydrogens (primary N) is 1.